The summed E-state index contributed by atoms with van der Waals surface area (Å²) in [6.45, 7) is 0.388. The first-order chi connectivity index (χ1) is 11.0. The summed E-state index contributed by atoms with van der Waals surface area (Å²) >= 11 is 9.33. The van der Waals surface area contributed by atoms with E-state index in [1.807, 2.05) is 30.3 Å². The van der Waals surface area contributed by atoms with E-state index >= 15 is 0 Å². The predicted molar refractivity (Wildman–Crippen MR) is 94.7 cm³/mol. The lowest BCUT2D eigenvalue weighted by Crippen LogP contribution is -2.28. The predicted octanol–water partition coefficient (Wildman–Crippen LogP) is 4.09. The zero-order valence-electron chi connectivity index (χ0n) is 12.1. The van der Waals surface area contributed by atoms with Crippen molar-refractivity contribution in [3.8, 4) is 0 Å². The largest absolute Gasteiger partial charge is 0.326 e. The zero-order valence-corrected chi connectivity index (χ0v) is 14.5. The number of nitrogens with one attached hydrogen (secondary N) is 1. The summed E-state index contributed by atoms with van der Waals surface area (Å²) in [5, 5.41) is 3.35. The number of para-hydroxylation sites is 1. The average molecular weight is 394 g/mol. The molecular weight excluding hydrogens is 380 g/mol. The molecule has 0 radical (unpaired) electrons. The fraction of sp³-hybridized carbons (Fsp3) is 0.176. The summed E-state index contributed by atoms with van der Waals surface area (Å²) in [6, 6.07) is 14.6. The molecule has 0 aromatic heterocycles. The maximum Gasteiger partial charge on any atom is 0.229 e. The topological polar surface area (TPSA) is 49.4 Å². The van der Waals surface area contributed by atoms with Crippen LogP contribution in [0.2, 0.25) is 5.02 Å². The van der Waals surface area contributed by atoms with Gasteiger partial charge in [0.25, 0.3) is 0 Å². The number of hydrogen-bond acceptors (Lipinski definition) is 2. The molecule has 1 heterocycles. The quantitative estimate of drug-likeness (QED) is 0.854. The standard InChI is InChI=1S/C17H14BrClN2O2/c18-14-7-6-12(9-15(14)19)20-17(23)11-8-16(22)21(10-11)13-4-2-1-3-5-13/h1-7,9,11H,8,10H2,(H,20,23)/t11-/m1/s1. The van der Waals surface area contributed by atoms with Gasteiger partial charge in [0.1, 0.15) is 0 Å². The van der Waals surface area contributed by atoms with E-state index in [0.717, 1.165) is 10.2 Å². The van der Waals surface area contributed by atoms with Crippen molar-refractivity contribution in [3.63, 3.8) is 0 Å². The van der Waals surface area contributed by atoms with Crippen LogP contribution in [0.5, 0.6) is 0 Å². The first kappa shape index (κ1) is 16.0. The molecule has 0 spiro atoms. The zero-order chi connectivity index (χ0) is 16.4. The van der Waals surface area contributed by atoms with Crippen molar-refractivity contribution in [2.24, 2.45) is 5.92 Å². The van der Waals surface area contributed by atoms with E-state index in [1.54, 1.807) is 23.1 Å². The minimum Gasteiger partial charge on any atom is -0.326 e. The Morgan fingerprint density at radius 2 is 1.96 bits per heavy atom. The fourth-order valence-electron chi connectivity index (χ4n) is 2.56. The molecule has 0 bridgehead atoms. The molecule has 4 nitrogen and oxygen atoms in total. The Morgan fingerprint density at radius 1 is 1.22 bits per heavy atom. The Kier molecular flexibility index (Phi) is 4.68. The Labute approximate surface area is 147 Å². The highest BCUT2D eigenvalue weighted by Gasteiger charge is 2.35. The molecule has 0 saturated carbocycles. The summed E-state index contributed by atoms with van der Waals surface area (Å²) in [4.78, 5) is 26.2. The lowest BCUT2D eigenvalue weighted by Gasteiger charge is -2.16. The Hall–Kier alpha value is -1.85. The molecule has 3 rings (SSSR count). The first-order valence-electron chi connectivity index (χ1n) is 7.16. The molecule has 1 fully saturated rings. The number of carbonyl (C=O) groups excluding carboxylic acids is 2. The van der Waals surface area contributed by atoms with Crippen molar-refractivity contribution in [1.82, 2.24) is 0 Å². The van der Waals surface area contributed by atoms with Gasteiger partial charge in [0.2, 0.25) is 11.8 Å². The number of carbonyl (C=O) groups is 2. The highest BCUT2D eigenvalue weighted by atomic mass is 79.9. The van der Waals surface area contributed by atoms with Crippen LogP contribution in [0.4, 0.5) is 11.4 Å². The number of halogens is 2. The Balaban J connectivity index is 1.69. The Bertz CT molecular complexity index is 752. The third-order valence-corrected chi connectivity index (χ3v) is 4.98. The van der Waals surface area contributed by atoms with Crippen molar-refractivity contribution in [3.05, 3.63) is 58.0 Å². The van der Waals surface area contributed by atoms with Gasteiger partial charge in [-0.05, 0) is 46.3 Å². The number of hydrogen-bond donors (Lipinski definition) is 1. The number of anilines is 2. The molecule has 2 aromatic carbocycles. The molecule has 6 heteroatoms. The second kappa shape index (κ2) is 6.72. The fourth-order valence-corrected chi connectivity index (χ4v) is 2.99. The molecule has 118 valence electrons. The van der Waals surface area contributed by atoms with E-state index in [9.17, 15) is 9.59 Å². The summed E-state index contributed by atoms with van der Waals surface area (Å²) in [6.07, 6.45) is 0.213. The normalized spacial score (nSPS) is 17.4. The minimum atomic E-state index is -0.370. The summed E-state index contributed by atoms with van der Waals surface area (Å²) in [7, 11) is 0. The molecule has 1 atom stereocenters. The SMILES string of the molecule is O=C(Nc1ccc(Br)c(Cl)c1)[C@@H]1CC(=O)N(c2ccccc2)C1. The molecule has 1 aliphatic rings. The van der Waals surface area contributed by atoms with Gasteiger partial charge >= 0.3 is 0 Å². The van der Waals surface area contributed by atoms with Crippen LogP contribution in [0.3, 0.4) is 0 Å². The molecule has 0 unspecified atom stereocenters. The van der Waals surface area contributed by atoms with E-state index < -0.39 is 0 Å². The van der Waals surface area contributed by atoms with Gasteiger partial charge in [-0.25, -0.2) is 0 Å². The lowest BCUT2D eigenvalue weighted by atomic mass is 10.1. The maximum absolute atomic E-state index is 12.4. The van der Waals surface area contributed by atoms with Crippen LogP contribution in [0.25, 0.3) is 0 Å². The van der Waals surface area contributed by atoms with Crippen molar-refractivity contribution < 1.29 is 9.59 Å². The maximum atomic E-state index is 12.4. The molecule has 0 aliphatic carbocycles. The second-order valence-corrected chi connectivity index (χ2v) is 6.62. The summed E-state index contributed by atoms with van der Waals surface area (Å²) < 4.78 is 0.767. The van der Waals surface area contributed by atoms with Crippen LogP contribution in [0.15, 0.2) is 53.0 Å². The van der Waals surface area contributed by atoms with E-state index in [2.05, 4.69) is 21.2 Å². The molecule has 2 aromatic rings. The number of nitrogens with zero attached hydrogens (tertiary/aromatic N) is 1. The van der Waals surface area contributed by atoms with Gasteiger partial charge in [-0.1, -0.05) is 29.8 Å². The molecule has 2 amide bonds. The molecular formula is C17H14BrClN2O2. The van der Waals surface area contributed by atoms with Gasteiger partial charge in [-0.2, -0.15) is 0 Å². The van der Waals surface area contributed by atoms with Crippen molar-refractivity contribution >= 4 is 50.7 Å². The van der Waals surface area contributed by atoms with Gasteiger partial charge in [0, 0.05) is 28.8 Å². The van der Waals surface area contributed by atoms with E-state index in [1.165, 1.54) is 0 Å². The van der Waals surface area contributed by atoms with Crippen LogP contribution in [0.1, 0.15) is 6.42 Å². The third kappa shape index (κ3) is 3.57. The van der Waals surface area contributed by atoms with Gasteiger partial charge in [-0.3, -0.25) is 9.59 Å². The van der Waals surface area contributed by atoms with Gasteiger partial charge < -0.3 is 10.2 Å². The van der Waals surface area contributed by atoms with Crippen molar-refractivity contribution in [2.75, 3.05) is 16.8 Å². The van der Waals surface area contributed by atoms with Crippen LogP contribution in [-0.4, -0.2) is 18.4 Å². The van der Waals surface area contributed by atoms with Crippen molar-refractivity contribution in [1.29, 1.82) is 0 Å². The van der Waals surface area contributed by atoms with Gasteiger partial charge in [0.15, 0.2) is 0 Å². The Morgan fingerprint density at radius 3 is 2.65 bits per heavy atom. The number of benzene rings is 2. The molecule has 23 heavy (non-hydrogen) atoms. The minimum absolute atomic E-state index is 0.0369. The van der Waals surface area contributed by atoms with Crippen LogP contribution in [0, 0.1) is 5.92 Å². The average Bonchev–Trinajstić information content (AvgIpc) is 2.94. The van der Waals surface area contributed by atoms with Gasteiger partial charge in [0.05, 0.1) is 10.9 Å². The summed E-state index contributed by atoms with van der Waals surface area (Å²) in [5.74, 6) is -0.578. The smallest absolute Gasteiger partial charge is 0.229 e. The van der Waals surface area contributed by atoms with Gasteiger partial charge in [-0.15, -0.1) is 0 Å². The highest BCUT2D eigenvalue weighted by molar-refractivity contribution is 9.10. The third-order valence-electron chi connectivity index (χ3n) is 3.75. The number of amides is 2. The van der Waals surface area contributed by atoms with Crippen LogP contribution in [-0.2, 0) is 9.59 Å². The molecule has 1 N–H and O–H groups in total. The first-order valence-corrected chi connectivity index (χ1v) is 8.33. The lowest BCUT2D eigenvalue weighted by molar-refractivity contribution is -0.122. The van der Waals surface area contributed by atoms with E-state index in [0.29, 0.717) is 17.3 Å². The second-order valence-electron chi connectivity index (χ2n) is 5.36. The molecule has 1 aliphatic heterocycles. The van der Waals surface area contributed by atoms with Crippen LogP contribution >= 0.6 is 27.5 Å². The summed E-state index contributed by atoms with van der Waals surface area (Å²) in [5.41, 5.74) is 1.44. The van der Waals surface area contributed by atoms with Crippen LogP contribution < -0.4 is 10.2 Å². The number of rotatable bonds is 3. The molecule has 1 saturated heterocycles. The van der Waals surface area contributed by atoms with E-state index in [-0.39, 0.29) is 24.2 Å². The van der Waals surface area contributed by atoms with E-state index in [4.69, 9.17) is 11.6 Å². The van der Waals surface area contributed by atoms with Crippen molar-refractivity contribution in [2.45, 2.75) is 6.42 Å². The monoisotopic (exact) mass is 392 g/mol. The highest BCUT2D eigenvalue weighted by Crippen LogP contribution is 2.28.